The maximum Gasteiger partial charge on any atom is 0.223 e. The fraction of sp³-hybridized carbons (Fsp3) is 0.917. The Morgan fingerprint density at radius 3 is 2.62 bits per heavy atom. The highest BCUT2D eigenvalue weighted by atomic mass is 35.5. The van der Waals surface area contributed by atoms with Gasteiger partial charge in [-0.15, -0.1) is 12.4 Å². The molecule has 0 aromatic rings. The van der Waals surface area contributed by atoms with Crippen LogP contribution >= 0.6 is 12.4 Å². The standard InChI is InChI=1S/C12H22N2O.ClH/c1-9-10(2)14(7-6-13-9)12(15)8-11-4-3-5-11;/h9-11,13H,3-8H2,1-2H3;1H. The molecule has 3 nitrogen and oxygen atoms in total. The molecule has 2 fully saturated rings. The van der Waals surface area contributed by atoms with Gasteiger partial charge in [-0.2, -0.15) is 0 Å². The highest BCUT2D eigenvalue weighted by Gasteiger charge is 2.30. The van der Waals surface area contributed by atoms with Gasteiger partial charge >= 0.3 is 0 Å². The van der Waals surface area contributed by atoms with Crippen molar-refractivity contribution < 1.29 is 4.79 Å². The summed E-state index contributed by atoms with van der Waals surface area (Å²) in [5.74, 6) is 1.07. The molecule has 94 valence electrons. The van der Waals surface area contributed by atoms with Crippen molar-refractivity contribution in [2.45, 2.75) is 51.6 Å². The summed E-state index contributed by atoms with van der Waals surface area (Å²) in [5, 5.41) is 3.40. The third-order valence-corrected chi connectivity index (χ3v) is 4.04. The monoisotopic (exact) mass is 246 g/mol. The number of piperazine rings is 1. The minimum Gasteiger partial charge on any atom is -0.337 e. The number of rotatable bonds is 2. The molecule has 0 aromatic carbocycles. The van der Waals surface area contributed by atoms with Crippen LogP contribution < -0.4 is 5.32 Å². The smallest absolute Gasteiger partial charge is 0.223 e. The molecule has 1 N–H and O–H groups in total. The summed E-state index contributed by atoms with van der Waals surface area (Å²) in [6.07, 6.45) is 4.64. The lowest BCUT2D eigenvalue weighted by Gasteiger charge is -2.40. The van der Waals surface area contributed by atoms with Gasteiger partial charge in [-0.3, -0.25) is 4.79 Å². The van der Waals surface area contributed by atoms with Gasteiger partial charge < -0.3 is 10.2 Å². The van der Waals surface area contributed by atoms with Crippen molar-refractivity contribution in [3.8, 4) is 0 Å². The lowest BCUT2D eigenvalue weighted by Crippen LogP contribution is -2.57. The minimum atomic E-state index is 0. The van der Waals surface area contributed by atoms with Crippen molar-refractivity contribution in [3.63, 3.8) is 0 Å². The zero-order valence-corrected chi connectivity index (χ0v) is 11.1. The van der Waals surface area contributed by atoms with Crippen LogP contribution in [0.25, 0.3) is 0 Å². The molecule has 1 heterocycles. The first kappa shape index (κ1) is 13.8. The van der Waals surface area contributed by atoms with Crippen molar-refractivity contribution >= 4 is 18.3 Å². The van der Waals surface area contributed by atoms with Gasteiger partial charge in [0.25, 0.3) is 0 Å². The lowest BCUT2D eigenvalue weighted by molar-refractivity contribution is -0.136. The number of amides is 1. The molecule has 1 aliphatic carbocycles. The summed E-state index contributed by atoms with van der Waals surface area (Å²) >= 11 is 0. The molecule has 2 atom stereocenters. The number of hydrogen-bond donors (Lipinski definition) is 1. The Kier molecular flexibility index (Phi) is 5.06. The van der Waals surface area contributed by atoms with Gasteiger partial charge in [-0.05, 0) is 32.6 Å². The van der Waals surface area contributed by atoms with E-state index in [-0.39, 0.29) is 12.4 Å². The first-order valence-electron chi connectivity index (χ1n) is 6.21. The fourth-order valence-corrected chi connectivity index (χ4v) is 2.47. The summed E-state index contributed by atoms with van der Waals surface area (Å²) in [6, 6.07) is 0.787. The fourth-order valence-electron chi connectivity index (χ4n) is 2.47. The number of nitrogens with zero attached hydrogens (tertiary/aromatic N) is 1. The molecule has 4 heteroatoms. The zero-order chi connectivity index (χ0) is 10.8. The van der Waals surface area contributed by atoms with Crippen LogP contribution in [0.3, 0.4) is 0 Å². The molecule has 1 amide bonds. The molecular weight excluding hydrogens is 224 g/mol. The molecule has 1 saturated carbocycles. The Morgan fingerprint density at radius 2 is 2.06 bits per heavy atom. The summed E-state index contributed by atoms with van der Waals surface area (Å²) in [7, 11) is 0. The van der Waals surface area contributed by atoms with E-state index in [0.29, 0.717) is 23.9 Å². The normalized spacial score (nSPS) is 30.5. The van der Waals surface area contributed by atoms with Gasteiger partial charge in [-0.1, -0.05) is 6.42 Å². The number of carbonyl (C=O) groups excluding carboxylic acids is 1. The van der Waals surface area contributed by atoms with Crippen molar-refractivity contribution in [2.24, 2.45) is 5.92 Å². The molecule has 2 unspecified atom stereocenters. The van der Waals surface area contributed by atoms with E-state index in [0.717, 1.165) is 19.5 Å². The Morgan fingerprint density at radius 1 is 1.38 bits per heavy atom. The van der Waals surface area contributed by atoms with E-state index in [1.165, 1.54) is 19.3 Å². The van der Waals surface area contributed by atoms with Crippen LogP contribution in [0.15, 0.2) is 0 Å². The molecule has 0 radical (unpaired) electrons. The van der Waals surface area contributed by atoms with E-state index < -0.39 is 0 Å². The first-order chi connectivity index (χ1) is 7.18. The largest absolute Gasteiger partial charge is 0.337 e. The summed E-state index contributed by atoms with van der Waals surface area (Å²) in [6.45, 7) is 6.14. The molecule has 1 aliphatic heterocycles. The van der Waals surface area contributed by atoms with E-state index in [1.54, 1.807) is 0 Å². The second kappa shape index (κ2) is 5.87. The SMILES string of the molecule is CC1NCCN(C(=O)CC2CCC2)C1C.Cl. The van der Waals surface area contributed by atoms with Gasteiger partial charge in [0.1, 0.15) is 0 Å². The Hall–Kier alpha value is -0.280. The van der Waals surface area contributed by atoms with Gasteiger partial charge in [0.05, 0.1) is 0 Å². The van der Waals surface area contributed by atoms with Gasteiger partial charge in [-0.25, -0.2) is 0 Å². The number of halogens is 1. The van der Waals surface area contributed by atoms with Crippen molar-refractivity contribution in [3.05, 3.63) is 0 Å². The third-order valence-electron chi connectivity index (χ3n) is 4.04. The number of nitrogens with one attached hydrogen (secondary N) is 1. The van der Waals surface area contributed by atoms with E-state index in [2.05, 4.69) is 24.1 Å². The highest BCUT2D eigenvalue weighted by Crippen LogP contribution is 2.30. The lowest BCUT2D eigenvalue weighted by atomic mass is 9.82. The van der Waals surface area contributed by atoms with Gasteiger partial charge in [0, 0.05) is 31.6 Å². The number of hydrogen-bond acceptors (Lipinski definition) is 2. The average Bonchev–Trinajstić information content (AvgIpc) is 2.15. The van der Waals surface area contributed by atoms with Gasteiger partial charge in [0.15, 0.2) is 0 Å². The topological polar surface area (TPSA) is 32.3 Å². The van der Waals surface area contributed by atoms with Gasteiger partial charge in [0.2, 0.25) is 5.91 Å². The predicted molar refractivity (Wildman–Crippen MR) is 67.8 cm³/mol. The van der Waals surface area contributed by atoms with Crippen LogP contribution in [0, 0.1) is 5.92 Å². The summed E-state index contributed by atoms with van der Waals surface area (Å²) in [5.41, 5.74) is 0. The van der Waals surface area contributed by atoms with Crippen LogP contribution in [0.5, 0.6) is 0 Å². The van der Waals surface area contributed by atoms with Crippen molar-refractivity contribution in [2.75, 3.05) is 13.1 Å². The molecule has 0 bridgehead atoms. The predicted octanol–water partition coefficient (Wildman–Crippen LogP) is 1.81. The average molecular weight is 247 g/mol. The van der Waals surface area contributed by atoms with Crippen LogP contribution in [-0.2, 0) is 4.79 Å². The van der Waals surface area contributed by atoms with E-state index in [9.17, 15) is 4.79 Å². The molecule has 2 aliphatic rings. The molecule has 16 heavy (non-hydrogen) atoms. The Bertz CT molecular complexity index is 243. The van der Waals surface area contributed by atoms with Crippen LogP contribution in [0.4, 0.5) is 0 Å². The third kappa shape index (κ3) is 2.89. The molecule has 2 rings (SSSR count). The summed E-state index contributed by atoms with van der Waals surface area (Å²) < 4.78 is 0. The highest BCUT2D eigenvalue weighted by molar-refractivity contribution is 5.85. The molecule has 0 spiro atoms. The maximum absolute atomic E-state index is 12.1. The summed E-state index contributed by atoms with van der Waals surface area (Å²) in [4.78, 5) is 14.1. The van der Waals surface area contributed by atoms with Crippen LogP contribution in [0.2, 0.25) is 0 Å². The van der Waals surface area contributed by atoms with E-state index in [4.69, 9.17) is 0 Å². The van der Waals surface area contributed by atoms with E-state index >= 15 is 0 Å². The van der Waals surface area contributed by atoms with Crippen molar-refractivity contribution in [1.82, 2.24) is 10.2 Å². The maximum atomic E-state index is 12.1. The minimum absolute atomic E-state index is 0. The van der Waals surface area contributed by atoms with Crippen LogP contribution in [-0.4, -0.2) is 36.0 Å². The Balaban J connectivity index is 0.00000128. The van der Waals surface area contributed by atoms with Crippen LogP contribution in [0.1, 0.15) is 39.5 Å². The first-order valence-corrected chi connectivity index (χ1v) is 6.21. The zero-order valence-electron chi connectivity index (χ0n) is 10.2. The number of carbonyl (C=O) groups is 1. The molecule has 1 saturated heterocycles. The second-order valence-corrected chi connectivity index (χ2v) is 5.07. The Labute approximate surface area is 104 Å². The second-order valence-electron chi connectivity index (χ2n) is 5.07. The van der Waals surface area contributed by atoms with E-state index in [1.807, 2.05) is 0 Å². The quantitative estimate of drug-likeness (QED) is 0.806. The van der Waals surface area contributed by atoms with Crippen molar-refractivity contribution in [1.29, 1.82) is 0 Å². The molecule has 0 aromatic heterocycles. The molecular formula is C12H23ClN2O.